The van der Waals surface area contributed by atoms with Crippen LogP contribution < -0.4 is 10.4 Å². The van der Waals surface area contributed by atoms with E-state index in [0.717, 1.165) is 22.8 Å². The van der Waals surface area contributed by atoms with Gasteiger partial charge in [0.25, 0.3) is 8.32 Å². The van der Waals surface area contributed by atoms with Gasteiger partial charge in [-0.1, -0.05) is 122 Å². The Bertz CT molecular complexity index is 1260. The van der Waals surface area contributed by atoms with Crippen molar-refractivity contribution in [2.24, 2.45) is 0 Å². The van der Waals surface area contributed by atoms with Gasteiger partial charge in [0.1, 0.15) is 0 Å². The molecule has 0 bridgehead atoms. The number of alkyl halides is 1. The molecule has 0 amide bonds. The average molecular weight is 723 g/mol. The first-order chi connectivity index (χ1) is 20.0. The van der Waals surface area contributed by atoms with Crippen molar-refractivity contribution in [2.75, 3.05) is 30.5 Å². The van der Waals surface area contributed by atoms with Gasteiger partial charge in [-0.15, -0.1) is 0 Å². The molecule has 3 aromatic carbocycles. The fourth-order valence-electron chi connectivity index (χ4n) is 5.46. The van der Waals surface area contributed by atoms with Gasteiger partial charge in [0.2, 0.25) is 0 Å². The molecule has 2 atom stereocenters. The van der Waals surface area contributed by atoms with Crippen molar-refractivity contribution in [3.63, 3.8) is 0 Å². The summed E-state index contributed by atoms with van der Waals surface area (Å²) in [5.41, 5.74) is 1.04. The Morgan fingerprint density at radius 1 is 0.762 bits per heavy atom. The van der Waals surface area contributed by atoms with Crippen molar-refractivity contribution in [1.82, 2.24) is 0 Å². The van der Waals surface area contributed by atoms with E-state index in [4.69, 9.17) is 13.9 Å². The summed E-state index contributed by atoms with van der Waals surface area (Å²) in [6.45, 7) is 9.84. The second-order valence-electron chi connectivity index (χ2n) is 11.9. The number of rotatable bonds is 17. The SMILES string of the molecule is COCC[C@H](CCI)O[C@H](CCO[Si](c1ccccc1)(c1ccccc1)C(C)(C)C)CCS(=O)(=O)c1ccc(C)cc1. The van der Waals surface area contributed by atoms with Gasteiger partial charge in [0.15, 0.2) is 9.84 Å². The standard InChI is InChI=1S/C34H47IO5SSi/c1-28-16-18-31(19-17-28)41(36,37)27-23-30(40-29(20-24-35)21-25-38-5)22-26-39-42(34(2,3)4,32-12-8-6-9-13-32)33-14-10-7-11-15-33/h6-19,29-30H,20-27H2,1-5H3/t29-,30+/m0/s1. The van der Waals surface area contributed by atoms with Crippen LogP contribution in [-0.2, 0) is 23.7 Å². The molecule has 0 spiro atoms. The van der Waals surface area contributed by atoms with Gasteiger partial charge < -0.3 is 13.9 Å². The first-order valence-corrected chi connectivity index (χ1v) is 19.9. The van der Waals surface area contributed by atoms with Crippen LogP contribution in [0.4, 0.5) is 0 Å². The van der Waals surface area contributed by atoms with E-state index in [-0.39, 0.29) is 23.0 Å². The van der Waals surface area contributed by atoms with Crippen molar-refractivity contribution in [3.05, 3.63) is 90.5 Å². The second kappa shape index (κ2) is 16.5. The van der Waals surface area contributed by atoms with Gasteiger partial charge in [-0.2, -0.15) is 0 Å². The lowest BCUT2D eigenvalue weighted by Crippen LogP contribution is -2.66. The van der Waals surface area contributed by atoms with E-state index in [1.807, 2.05) is 31.2 Å². The Balaban J connectivity index is 1.87. The monoisotopic (exact) mass is 722 g/mol. The van der Waals surface area contributed by atoms with Crippen LogP contribution in [-0.4, -0.2) is 59.4 Å². The third kappa shape index (κ3) is 9.47. The molecule has 0 radical (unpaired) electrons. The van der Waals surface area contributed by atoms with Crippen molar-refractivity contribution < 1.29 is 22.3 Å². The van der Waals surface area contributed by atoms with E-state index in [2.05, 4.69) is 91.9 Å². The summed E-state index contributed by atoms with van der Waals surface area (Å²) >= 11 is 2.37. The van der Waals surface area contributed by atoms with Crippen LogP contribution >= 0.6 is 22.6 Å². The topological polar surface area (TPSA) is 61.8 Å². The normalized spacial score (nSPS) is 14.0. The summed E-state index contributed by atoms with van der Waals surface area (Å²) in [5, 5.41) is 2.32. The van der Waals surface area contributed by atoms with Gasteiger partial charge in [-0.05, 0) is 60.2 Å². The minimum absolute atomic E-state index is 0.00166. The number of sulfone groups is 1. The minimum Gasteiger partial charge on any atom is -0.407 e. The lowest BCUT2D eigenvalue weighted by molar-refractivity contribution is -0.0363. The van der Waals surface area contributed by atoms with Gasteiger partial charge in [0.05, 0.1) is 22.9 Å². The molecular weight excluding hydrogens is 675 g/mol. The highest BCUT2D eigenvalue weighted by Gasteiger charge is 2.50. The maximum Gasteiger partial charge on any atom is 0.261 e. The van der Waals surface area contributed by atoms with E-state index in [9.17, 15) is 8.42 Å². The molecule has 42 heavy (non-hydrogen) atoms. The van der Waals surface area contributed by atoms with Crippen LogP contribution in [0.3, 0.4) is 0 Å². The van der Waals surface area contributed by atoms with E-state index in [1.165, 1.54) is 10.4 Å². The van der Waals surface area contributed by atoms with E-state index in [0.29, 0.717) is 31.0 Å². The largest absolute Gasteiger partial charge is 0.407 e. The number of ether oxygens (including phenoxy) is 2. The summed E-state index contributed by atoms with van der Waals surface area (Å²) in [6, 6.07) is 28.3. The predicted molar refractivity (Wildman–Crippen MR) is 185 cm³/mol. The fraction of sp³-hybridized carbons (Fsp3) is 0.471. The first-order valence-electron chi connectivity index (χ1n) is 14.8. The molecule has 0 N–H and O–H groups in total. The van der Waals surface area contributed by atoms with E-state index < -0.39 is 18.2 Å². The van der Waals surface area contributed by atoms with Crippen LogP contribution in [0, 0.1) is 6.92 Å². The van der Waals surface area contributed by atoms with Gasteiger partial charge in [-0.25, -0.2) is 8.42 Å². The molecule has 0 saturated heterocycles. The second-order valence-corrected chi connectivity index (χ2v) is 19.4. The Kier molecular flexibility index (Phi) is 13.7. The Morgan fingerprint density at radius 2 is 1.29 bits per heavy atom. The Labute approximate surface area is 268 Å². The molecule has 0 aliphatic rings. The van der Waals surface area contributed by atoms with Crippen molar-refractivity contribution in [1.29, 1.82) is 0 Å². The number of aryl methyl sites for hydroxylation is 1. The lowest BCUT2D eigenvalue weighted by atomic mass is 10.1. The molecule has 3 rings (SSSR count). The van der Waals surface area contributed by atoms with Crippen LogP contribution in [0.5, 0.6) is 0 Å². The van der Waals surface area contributed by atoms with Gasteiger partial charge in [0, 0.05) is 24.8 Å². The molecule has 0 unspecified atom stereocenters. The third-order valence-corrected chi connectivity index (χ3v) is 15.2. The molecule has 0 saturated carbocycles. The highest BCUT2D eigenvalue weighted by atomic mass is 127. The molecule has 230 valence electrons. The molecule has 0 heterocycles. The Hall–Kier alpha value is -1.56. The maximum absolute atomic E-state index is 13.3. The molecule has 3 aromatic rings. The number of hydrogen-bond donors (Lipinski definition) is 0. The highest BCUT2D eigenvalue weighted by molar-refractivity contribution is 14.1. The summed E-state index contributed by atoms with van der Waals surface area (Å²) in [5.74, 6) is 0.0289. The molecule has 8 heteroatoms. The van der Waals surface area contributed by atoms with E-state index >= 15 is 0 Å². The zero-order chi connectivity index (χ0) is 30.6. The predicted octanol–water partition coefficient (Wildman–Crippen LogP) is 6.74. The van der Waals surface area contributed by atoms with Gasteiger partial charge >= 0.3 is 0 Å². The molecule has 5 nitrogen and oxygen atoms in total. The Morgan fingerprint density at radius 3 is 1.79 bits per heavy atom. The smallest absolute Gasteiger partial charge is 0.261 e. The molecule has 0 aliphatic heterocycles. The zero-order valence-corrected chi connectivity index (χ0v) is 29.7. The number of hydrogen-bond acceptors (Lipinski definition) is 5. The number of halogens is 1. The first kappa shape index (κ1) is 34.9. The van der Waals surface area contributed by atoms with Crippen LogP contribution in [0.15, 0.2) is 89.8 Å². The number of benzene rings is 3. The average Bonchev–Trinajstić information content (AvgIpc) is 2.97. The molecule has 0 aromatic heterocycles. The molecular formula is C34H47IO5SSi. The van der Waals surface area contributed by atoms with E-state index in [1.54, 1.807) is 19.2 Å². The summed E-state index contributed by atoms with van der Waals surface area (Å²) in [7, 11) is -4.44. The van der Waals surface area contributed by atoms with Crippen LogP contribution in [0.25, 0.3) is 0 Å². The fourth-order valence-corrected chi connectivity index (χ4v) is 12.1. The van der Waals surface area contributed by atoms with Gasteiger partial charge in [-0.3, -0.25) is 0 Å². The maximum atomic E-state index is 13.3. The van der Waals surface area contributed by atoms with Crippen molar-refractivity contribution >= 4 is 51.1 Å². The number of methoxy groups -OCH3 is 1. The molecule has 0 aliphatic carbocycles. The summed E-state index contributed by atoms with van der Waals surface area (Å²) in [4.78, 5) is 0.360. The summed E-state index contributed by atoms with van der Waals surface area (Å²) < 4.78 is 46.6. The van der Waals surface area contributed by atoms with Crippen LogP contribution in [0.1, 0.15) is 52.0 Å². The highest BCUT2D eigenvalue weighted by Crippen LogP contribution is 2.37. The quantitative estimate of drug-likeness (QED) is 0.0878. The van der Waals surface area contributed by atoms with Crippen molar-refractivity contribution in [2.45, 2.75) is 75.5 Å². The van der Waals surface area contributed by atoms with Crippen LogP contribution in [0.2, 0.25) is 5.04 Å². The third-order valence-electron chi connectivity index (χ3n) is 7.72. The molecule has 0 fully saturated rings. The summed E-state index contributed by atoms with van der Waals surface area (Å²) in [6.07, 6.45) is 2.43. The zero-order valence-electron chi connectivity index (χ0n) is 25.7. The van der Waals surface area contributed by atoms with Crippen molar-refractivity contribution in [3.8, 4) is 0 Å². The minimum atomic E-state index is -3.44. The lowest BCUT2D eigenvalue weighted by Gasteiger charge is -2.43.